The fourth-order valence-electron chi connectivity index (χ4n) is 3.67. The Morgan fingerprint density at radius 3 is 1.39 bits per heavy atom. The van der Waals surface area contributed by atoms with E-state index in [1.807, 2.05) is 0 Å². The summed E-state index contributed by atoms with van der Waals surface area (Å²) in [6, 6.07) is 0. The molecule has 2 N–H and O–H groups in total. The quantitative estimate of drug-likeness (QED) is 0.127. The first-order valence-corrected chi connectivity index (χ1v) is 13.3. The third-order valence-corrected chi connectivity index (χ3v) is 6.05. The van der Waals surface area contributed by atoms with Crippen molar-refractivity contribution in [2.24, 2.45) is 0 Å². The fraction of sp³-hybridized carbons (Fsp3) is 1.00. The summed E-state index contributed by atoms with van der Waals surface area (Å²) in [6.45, 7) is 4.63. The van der Waals surface area contributed by atoms with Crippen LogP contribution in [0, 0.1) is 0 Å². The van der Waals surface area contributed by atoms with Crippen LogP contribution in [0.2, 0.25) is 0 Å². The van der Waals surface area contributed by atoms with Gasteiger partial charge in [0.15, 0.2) is 0 Å². The zero-order valence-corrected chi connectivity index (χ0v) is 19.9. The highest BCUT2D eigenvalue weighted by atomic mass is 31.2. The minimum absolute atomic E-state index is 0.142. The lowest BCUT2D eigenvalue weighted by atomic mass is 10.0. The fourth-order valence-corrected chi connectivity index (χ4v) is 4.04. The highest BCUT2D eigenvalue weighted by molar-refractivity contribution is 7.46. The average molecular weight is 423 g/mol. The van der Waals surface area contributed by atoms with Gasteiger partial charge in [0.25, 0.3) is 0 Å². The summed E-state index contributed by atoms with van der Waals surface area (Å²) in [5.41, 5.74) is 0. The summed E-state index contributed by atoms with van der Waals surface area (Å²) in [4.78, 5) is 17.3. The normalized spacial score (nSPS) is 12.6. The lowest BCUT2D eigenvalue weighted by Crippen LogP contribution is -2.41. The van der Waals surface area contributed by atoms with Crippen molar-refractivity contribution < 1.29 is 23.4 Å². The van der Waals surface area contributed by atoms with Gasteiger partial charge < -0.3 is 14.3 Å². The molecule has 0 heterocycles. The van der Waals surface area contributed by atoms with Gasteiger partial charge in [0.1, 0.15) is 0 Å². The van der Waals surface area contributed by atoms with Crippen molar-refractivity contribution >= 4 is 7.82 Å². The molecule has 0 saturated heterocycles. The van der Waals surface area contributed by atoms with Crippen LogP contribution in [0.1, 0.15) is 110 Å². The summed E-state index contributed by atoms with van der Waals surface area (Å²) in [6.07, 6.45) is 21.1. The minimum Gasteiger partial charge on any atom is -0.328 e. The van der Waals surface area contributed by atoms with E-state index < -0.39 is 7.82 Å². The Hall–Kier alpha value is 0.0700. The van der Waals surface area contributed by atoms with Crippen LogP contribution in [0.3, 0.4) is 0 Å². The van der Waals surface area contributed by atoms with E-state index in [0.29, 0.717) is 6.42 Å². The van der Waals surface area contributed by atoms with E-state index in [9.17, 15) is 4.57 Å². The van der Waals surface area contributed by atoms with Crippen molar-refractivity contribution in [2.75, 3.05) is 33.8 Å². The van der Waals surface area contributed by atoms with E-state index in [0.717, 1.165) is 17.4 Å². The van der Waals surface area contributed by atoms with Gasteiger partial charge in [0, 0.05) is 0 Å². The summed E-state index contributed by atoms with van der Waals surface area (Å²) >= 11 is 0. The van der Waals surface area contributed by atoms with Crippen LogP contribution in [0.4, 0.5) is 0 Å². The molecular formula is C22H49NO4P+. The van der Waals surface area contributed by atoms with Gasteiger partial charge >= 0.3 is 7.82 Å². The molecule has 0 atom stereocenters. The van der Waals surface area contributed by atoms with Gasteiger partial charge in [-0.05, 0) is 25.7 Å². The summed E-state index contributed by atoms with van der Waals surface area (Å²) < 4.78 is 16.1. The highest BCUT2D eigenvalue weighted by Crippen LogP contribution is 2.35. The molecule has 0 aliphatic carbocycles. The Kier molecular flexibility index (Phi) is 17.9. The molecule has 0 aliphatic rings. The third kappa shape index (κ3) is 22.4. The topological polar surface area (TPSA) is 66.8 Å². The van der Waals surface area contributed by atoms with Gasteiger partial charge in [0.05, 0.1) is 33.8 Å². The maximum atomic E-state index is 10.6. The molecule has 0 fully saturated rings. The van der Waals surface area contributed by atoms with Gasteiger partial charge in [-0.2, -0.15) is 0 Å². The molecule has 5 nitrogen and oxygen atoms in total. The van der Waals surface area contributed by atoms with E-state index in [1.165, 1.54) is 96.4 Å². The molecule has 6 heteroatoms. The molecule has 0 rings (SSSR count). The highest BCUT2D eigenvalue weighted by Gasteiger charge is 2.16. The SMILES string of the molecule is CCCCCCCCCCCCCCCC[N+](C)(C)CCCCOP(=O)(O)O. The summed E-state index contributed by atoms with van der Waals surface area (Å²) in [7, 11) is 0.187. The van der Waals surface area contributed by atoms with Gasteiger partial charge in [-0.25, -0.2) is 4.57 Å². The van der Waals surface area contributed by atoms with Crippen molar-refractivity contribution in [3.05, 3.63) is 0 Å². The molecule has 0 unspecified atom stereocenters. The molecule has 28 heavy (non-hydrogen) atoms. The number of phosphoric ester groups is 1. The molecule has 0 aliphatic heterocycles. The zero-order chi connectivity index (χ0) is 21.1. The average Bonchev–Trinajstić information content (AvgIpc) is 2.60. The number of rotatable bonds is 21. The van der Waals surface area contributed by atoms with Gasteiger partial charge in [-0.1, -0.05) is 84.0 Å². The Morgan fingerprint density at radius 2 is 1.00 bits per heavy atom. The zero-order valence-electron chi connectivity index (χ0n) is 19.0. The summed E-state index contributed by atoms with van der Waals surface area (Å²) in [5, 5.41) is 0. The van der Waals surface area contributed by atoms with Crippen molar-refractivity contribution in [3.63, 3.8) is 0 Å². The van der Waals surface area contributed by atoms with Crippen molar-refractivity contribution in [2.45, 2.75) is 110 Å². The summed E-state index contributed by atoms with van der Waals surface area (Å²) in [5.74, 6) is 0. The second kappa shape index (κ2) is 17.9. The van der Waals surface area contributed by atoms with Crippen LogP contribution in [0.25, 0.3) is 0 Å². The second-order valence-electron chi connectivity index (χ2n) is 9.01. The molecule has 0 aromatic rings. The molecule has 0 aromatic carbocycles. The van der Waals surface area contributed by atoms with E-state index in [4.69, 9.17) is 9.79 Å². The van der Waals surface area contributed by atoms with Crippen molar-refractivity contribution in [3.8, 4) is 0 Å². The van der Waals surface area contributed by atoms with Gasteiger partial charge in [-0.15, -0.1) is 0 Å². The molecule has 0 aromatic heterocycles. The van der Waals surface area contributed by atoms with Gasteiger partial charge in [0.2, 0.25) is 0 Å². The smallest absolute Gasteiger partial charge is 0.328 e. The van der Waals surface area contributed by atoms with Crippen LogP contribution in [-0.2, 0) is 9.09 Å². The Morgan fingerprint density at radius 1 is 0.643 bits per heavy atom. The lowest BCUT2D eigenvalue weighted by Gasteiger charge is -2.30. The number of phosphoric acid groups is 1. The maximum Gasteiger partial charge on any atom is 0.469 e. The number of hydrogen-bond acceptors (Lipinski definition) is 2. The first kappa shape index (κ1) is 28.1. The lowest BCUT2D eigenvalue weighted by molar-refractivity contribution is -0.890. The molecule has 170 valence electrons. The molecule has 0 saturated carbocycles. The van der Waals surface area contributed by atoms with Crippen LogP contribution in [-0.4, -0.2) is 48.1 Å². The molecule has 0 spiro atoms. The maximum absolute atomic E-state index is 10.6. The van der Waals surface area contributed by atoms with Crippen LogP contribution in [0.15, 0.2) is 0 Å². The Balaban J connectivity index is 3.34. The third-order valence-electron chi connectivity index (χ3n) is 5.53. The van der Waals surface area contributed by atoms with E-state index in [-0.39, 0.29) is 6.61 Å². The monoisotopic (exact) mass is 422 g/mol. The molecule has 0 radical (unpaired) electrons. The van der Waals surface area contributed by atoms with Crippen molar-refractivity contribution in [1.82, 2.24) is 0 Å². The molecular weight excluding hydrogens is 373 g/mol. The second-order valence-corrected chi connectivity index (χ2v) is 10.2. The molecule has 0 bridgehead atoms. The van der Waals surface area contributed by atoms with Crippen LogP contribution in [0.5, 0.6) is 0 Å². The number of nitrogens with zero attached hydrogens (tertiary/aromatic N) is 1. The van der Waals surface area contributed by atoms with Crippen LogP contribution >= 0.6 is 7.82 Å². The Labute approximate surface area is 175 Å². The number of hydrogen-bond donors (Lipinski definition) is 2. The number of unbranched alkanes of at least 4 members (excludes halogenated alkanes) is 14. The van der Waals surface area contributed by atoms with E-state index in [1.54, 1.807) is 0 Å². The first-order valence-electron chi connectivity index (χ1n) is 11.8. The van der Waals surface area contributed by atoms with Crippen LogP contribution < -0.4 is 0 Å². The molecule has 0 amide bonds. The first-order chi connectivity index (χ1) is 13.3. The minimum atomic E-state index is -4.30. The largest absolute Gasteiger partial charge is 0.469 e. The van der Waals surface area contributed by atoms with E-state index in [2.05, 4.69) is 25.5 Å². The van der Waals surface area contributed by atoms with Gasteiger partial charge in [-0.3, -0.25) is 4.52 Å². The predicted octanol–water partition coefficient (Wildman–Crippen LogP) is 6.43. The Bertz CT molecular complexity index is 385. The van der Waals surface area contributed by atoms with E-state index >= 15 is 0 Å². The van der Waals surface area contributed by atoms with Crippen molar-refractivity contribution in [1.29, 1.82) is 0 Å². The predicted molar refractivity (Wildman–Crippen MR) is 119 cm³/mol. The standard InChI is InChI=1S/C22H48NO4P/c1-4-5-6-7-8-9-10-11-12-13-14-15-16-17-20-23(2,3)21-18-19-22-27-28(24,25)26/h4-22H2,1-3H3,(H-,24,25,26)/p+1. The number of quaternary nitrogens is 1.